The SMILES string of the molecule is CCCCCOc1ccc(C(=O)NC(=S)NNC(=O)c2ccc(C(C)(C)C)cc2)cc1. The number of amides is 2. The fourth-order valence-electron chi connectivity index (χ4n) is 2.76. The first-order valence-corrected chi connectivity index (χ1v) is 10.9. The Balaban J connectivity index is 1.80. The highest BCUT2D eigenvalue weighted by atomic mass is 32.1. The van der Waals surface area contributed by atoms with E-state index in [2.05, 4.69) is 43.9 Å². The van der Waals surface area contributed by atoms with Gasteiger partial charge in [-0.2, -0.15) is 0 Å². The highest BCUT2D eigenvalue weighted by Crippen LogP contribution is 2.22. The molecule has 0 radical (unpaired) electrons. The fourth-order valence-corrected chi connectivity index (χ4v) is 2.90. The molecular weight excluding hydrogens is 410 g/mol. The van der Waals surface area contributed by atoms with E-state index in [1.165, 1.54) is 0 Å². The second-order valence-corrected chi connectivity index (χ2v) is 8.68. The largest absolute Gasteiger partial charge is 0.494 e. The van der Waals surface area contributed by atoms with Crippen LogP contribution in [0.5, 0.6) is 5.75 Å². The van der Waals surface area contributed by atoms with Crippen molar-refractivity contribution in [3.05, 3.63) is 65.2 Å². The molecule has 166 valence electrons. The molecule has 7 heteroatoms. The number of hydrogen-bond donors (Lipinski definition) is 3. The third-order valence-electron chi connectivity index (χ3n) is 4.66. The molecule has 2 rings (SSSR count). The Hall–Kier alpha value is -2.93. The molecule has 0 aliphatic carbocycles. The second kappa shape index (κ2) is 11.5. The van der Waals surface area contributed by atoms with Gasteiger partial charge in [-0.1, -0.05) is 52.7 Å². The van der Waals surface area contributed by atoms with Crippen LogP contribution >= 0.6 is 12.2 Å². The van der Waals surface area contributed by atoms with Crippen molar-refractivity contribution in [3.8, 4) is 5.75 Å². The van der Waals surface area contributed by atoms with E-state index >= 15 is 0 Å². The minimum Gasteiger partial charge on any atom is -0.494 e. The molecule has 2 amide bonds. The van der Waals surface area contributed by atoms with Gasteiger partial charge < -0.3 is 4.74 Å². The van der Waals surface area contributed by atoms with Gasteiger partial charge in [0.2, 0.25) is 0 Å². The lowest BCUT2D eigenvalue weighted by atomic mass is 9.87. The minimum absolute atomic E-state index is 0.00422. The monoisotopic (exact) mass is 441 g/mol. The van der Waals surface area contributed by atoms with Gasteiger partial charge >= 0.3 is 0 Å². The maximum absolute atomic E-state index is 12.3. The predicted molar refractivity (Wildman–Crippen MR) is 127 cm³/mol. The summed E-state index contributed by atoms with van der Waals surface area (Å²) in [7, 11) is 0. The summed E-state index contributed by atoms with van der Waals surface area (Å²) >= 11 is 5.09. The lowest BCUT2D eigenvalue weighted by Crippen LogP contribution is -2.48. The maximum atomic E-state index is 12.3. The van der Waals surface area contributed by atoms with Crippen LogP contribution in [0.1, 0.15) is 73.2 Å². The van der Waals surface area contributed by atoms with Crippen LogP contribution in [-0.4, -0.2) is 23.5 Å². The van der Waals surface area contributed by atoms with Crippen LogP contribution in [0.2, 0.25) is 0 Å². The number of ether oxygens (including phenoxy) is 1. The standard InChI is InChI=1S/C24H31N3O3S/c1-5-6-7-16-30-20-14-10-17(11-15-20)21(28)25-23(31)27-26-22(29)18-8-12-19(13-9-18)24(2,3)4/h8-15H,5-7,16H2,1-4H3,(H,26,29)(H2,25,27,28,31). The Morgan fingerprint density at radius 2 is 1.45 bits per heavy atom. The average Bonchev–Trinajstić information content (AvgIpc) is 2.75. The number of rotatable bonds is 7. The summed E-state index contributed by atoms with van der Waals surface area (Å²) in [6.07, 6.45) is 3.27. The molecule has 0 spiro atoms. The Morgan fingerprint density at radius 1 is 0.871 bits per heavy atom. The minimum atomic E-state index is -0.376. The molecule has 0 saturated carbocycles. The van der Waals surface area contributed by atoms with E-state index in [0.29, 0.717) is 17.7 Å². The Bertz CT molecular complexity index is 888. The summed E-state index contributed by atoms with van der Waals surface area (Å²) < 4.78 is 5.64. The summed E-state index contributed by atoms with van der Waals surface area (Å²) in [6, 6.07) is 14.2. The van der Waals surface area contributed by atoms with Crippen molar-refractivity contribution in [2.75, 3.05) is 6.61 Å². The van der Waals surface area contributed by atoms with Crippen LogP contribution < -0.4 is 20.9 Å². The van der Waals surface area contributed by atoms with Crippen molar-refractivity contribution in [2.24, 2.45) is 0 Å². The van der Waals surface area contributed by atoms with Gasteiger partial charge in [-0.3, -0.25) is 25.8 Å². The van der Waals surface area contributed by atoms with Crippen molar-refractivity contribution < 1.29 is 14.3 Å². The summed E-state index contributed by atoms with van der Waals surface area (Å²) in [5.41, 5.74) is 7.12. The molecule has 0 bridgehead atoms. The molecule has 0 fully saturated rings. The normalized spacial score (nSPS) is 10.8. The molecule has 0 unspecified atom stereocenters. The molecule has 6 nitrogen and oxygen atoms in total. The zero-order valence-electron chi connectivity index (χ0n) is 18.6. The molecule has 2 aromatic rings. The van der Waals surface area contributed by atoms with Gasteiger partial charge in [-0.25, -0.2) is 0 Å². The molecule has 0 saturated heterocycles. The molecule has 3 N–H and O–H groups in total. The van der Waals surface area contributed by atoms with Gasteiger partial charge in [-0.05, 0) is 66.0 Å². The van der Waals surface area contributed by atoms with Crippen LogP contribution in [0.4, 0.5) is 0 Å². The first kappa shape index (κ1) is 24.3. The van der Waals surface area contributed by atoms with E-state index in [1.807, 2.05) is 12.1 Å². The van der Waals surface area contributed by atoms with Gasteiger partial charge in [-0.15, -0.1) is 0 Å². The molecule has 0 atom stereocenters. The number of carbonyl (C=O) groups is 2. The lowest BCUT2D eigenvalue weighted by molar-refractivity contribution is 0.0934. The van der Waals surface area contributed by atoms with Gasteiger partial charge in [0.15, 0.2) is 5.11 Å². The van der Waals surface area contributed by atoms with E-state index in [9.17, 15) is 9.59 Å². The number of thiocarbonyl (C=S) groups is 1. The van der Waals surface area contributed by atoms with Gasteiger partial charge in [0.25, 0.3) is 11.8 Å². The molecule has 0 aliphatic heterocycles. The number of hydrogen-bond acceptors (Lipinski definition) is 4. The average molecular weight is 442 g/mol. The maximum Gasteiger partial charge on any atom is 0.269 e. The van der Waals surface area contributed by atoms with Crippen LogP contribution in [0.25, 0.3) is 0 Å². The third-order valence-corrected chi connectivity index (χ3v) is 4.87. The summed E-state index contributed by atoms with van der Waals surface area (Å²) in [6.45, 7) is 9.13. The van der Waals surface area contributed by atoms with Crippen molar-refractivity contribution in [1.82, 2.24) is 16.2 Å². The van der Waals surface area contributed by atoms with Crippen LogP contribution in [0.15, 0.2) is 48.5 Å². The van der Waals surface area contributed by atoms with E-state index in [4.69, 9.17) is 17.0 Å². The van der Waals surface area contributed by atoms with Crippen molar-refractivity contribution >= 4 is 29.1 Å². The molecule has 0 aliphatic rings. The number of hydrazine groups is 1. The molecule has 2 aromatic carbocycles. The van der Waals surface area contributed by atoms with Crippen molar-refractivity contribution in [3.63, 3.8) is 0 Å². The number of benzene rings is 2. The molecule has 31 heavy (non-hydrogen) atoms. The smallest absolute Gasteiger partial charge is 0.269 e. The number of nitrogens with one attached hydrogen (secondary N) is 3. The Morgan fingerprint density at radius 3 is 2.03 bits per heavy atom. The molecule has 0 heterocycles. The van der Waals surface area contributed by atoms with E-state index in [1.54, 1.807) is 36.4 Å². The first-order valence-electron chi connectivity index (χ1n) is 10.5. The zero-order valence-corrected chi connectivity index (χ0v) is 19.4. The first-order chi connectivity index (χ1) is 14.7. The highest BCUT2D eigenvalue weighted by Gasteiger charge is 2.14. The fraction of sp³-hybridized carbons (Fsp3) is 0.375. The molecular formula is C24H31N3O3S. The predicted octanol–water partition coefficient (Wildman–Crippen LogP) is 4.50. The summed E-state index contributed by atoms with van der Waals surface area (Å²) in [4.78, 5) is 24.6. The van der Waals surface area contributed by atoms with Gasteiger partial charge in [0.1, 0.15) is 5.75 Å². The van der Waals surface area contributed by atoms with Crippen LogP contribution in [0, 0.1) is 0 Å². The highest BCUT2D eigenvalue weighted by molar-refractivity contribution is 7.80. The Labute approximate surface area is 189 Å². The van der Waals surface area contributed by atoms with E-state index in [0.717, 1.165) is 30.6 Å². The summed E-state index contributed by atoms with van der Waals surface area (Å²) in [5, 5.41) is 2.54. The lowest BCUT2D eigenvalue weighted by Gasteiger charge is -2.19. The van der Waals surface area contributed by atoms with Crippen molar-refractivity contribution in [1.29, 1.82) is 0 Å². The van der Waals surface area contributed by atoms with E-state index in [-0.39, 0.29) is 22.3 Å². The third kappa shape index (κ3) is 8.02. The van der Waals surface area contributed by atoms with Gasteiger partial charge in [0, 0.05) is 11.1 Å². The molecule has 0 aromatic heterocycles. The van der Waals surface area contributed by atoms with Gasteiger partial charge in [0.05, 0.1) is 6.61 Å². The zero-order chi connectivity index (χ0) is 22.9. The van der Waals surface area contributed by atoms with E-state index < -0.39 is 0 Å². The quantitative estimate of drug-likeness (QED) is 0.335. The number of carbonyl (C=O) groups excluding carboxylic acids is 2. The Kier molecular flexibility index (Phi) is 9.00. The topological polar surface area (TPSA) is 79.5 Å². The number of unbranched alkanes of at least 4 members (excludes halogenated alkanes) is 2. The summed E-state index contributed by atoms with van der Waals surface area (Å²) in [5.74, 6) is -0.00135. The van der Waals surface area contributed by atoms with Crippen LogP contribution in [-0.2, 0) is 5.41 Å². The second-order valence-electron chi connectivity index (χ2n) is 8.27. The van der Waals surface area contributed by atoms with Crippen molar-refractivity contribution in [2.45, 2.75) is 52.4 Å². The van der Waals surface area contributed by atoms with Crippen LogP contribution in [0.3, 0.4) is 0 Å².